The van der Waals surface area contributed by atoms with Crippen LogP contribution in [0.25, 0.3) is 0 Å². The first-order chi connectivity index (χ1) is 9.20. The average molecular weight is 262 g/mol. The minimum absolute atomic E-state index is 0.121. The van der Waals surface area contributed by atoms with Gasteiger partial charge in [0.25, 0.3) is 0 Å². The van der Waals surface area contributed by atoms with Crippen molar-refractivity contribution in [2.24, 2.45) is 5.73 Å². The minimum atomic E-state index is -0.208. The van der Waals surface area contributed by atoms with Gasteiger partial charge in [-0.05, 0) is 44.0 Å². The van der Waals surface area contributed by atoms with E-state index >= 15 is 0 Å². The molecule has 0 aliphatic carbocycles. The highest BCUT2D eigenvalue weighted by molar-refractivity contribution is 5.79. The van der Waals surface area contributed by atoms with Crippen molar-refractivity contribution in [3.05, 3.63) is 23.9 Å². The van der Waals surface area contributed by atoms with Crippen LogP contribution >= 0.6 is 0 Å². The highest BCUT2D eigenvalue weighted by Crippen LogP contribution is 2.20. The minimum Gasteiger partial charge on any atom is -0.370 e. The smallest absolute Gasteiger partial charge is 0.234 e. The molecule has 1 atom stereocenters. The second-order valence-corrected chi connectivity index (χ2v) is 4.96. The molecule has 1 aromatic heterocycles. The topological polar surface area (TPSA) is 71.2 Å². The molecule has 1 fully saturated rings. The molecule has 0 aromatic carbocycles. The Morgan fingerprint density at radius 1 is 1.58 bits per heavy atom. The molecule has 3 N–H and O–H groups in total. The van der Waals surface area contributed by atoms with E-state index in [0.29, 0.717) is 0 Å². The highest BCUT2D eigenvalue weighted by atomic mass is 16.1. The van der Waals surface area contributed by atoms with Gasteiger partial charge in [0.1, 0.15) is 5.82 Å². The lowest BCUT2D eigenvalue weighted by Gasteiger charge is -2.33. The Kier molecular flexibility index (Phi) is 4.74. The zero-order valence-electron chi connectivity index (χ0n) is 11.4. The van der Waals surface area contributed by atoms with Crippen molar-refractivity contribution in [3.8, 4) is 0 Å². The fourth-order valence-corrected chi connectivity index (χ4v) is 2.59. The van der Waals surface area contributed by atoms with Gasteiger partial charge in [-0.2, -0.15) is 0 Å². The number of primary amides is 1. The van der Waals surface area contributed by atoms with Gasteiger partial charge in [-0.3, -0.25) is 9.69 Å². The van der Waals surface area contributed by atoms with E-state index in [2.05, 4.69) is 15.2 Å². The number of carbonyl (C=O) groups is 1. The van der Waals surface area contributed by atoms with Gasteiger partial charge in [0.05, 0.1) is 6.04 Å². The summed E-state index contributed by atoms with van der Waals surface area (Å²) in [5.41, 5.74) is 6.65. The number of hydrogen-bond donors (Lipinski definition) is 2. The average Bonchev–Trinajstić information content (AvgIpc) is 2.40. The number of hydrogen-bond acceptors (Lipinski definition) is 4. The third-order valence-electron chi connectivity index (χ3n) is 3.51. The summed E-state index contributed by atoms with van der Waals surface area (Å²) in [6.45, 7) is 4.59. The number of aromatic nitrogens is 1. The molecule has 0 radical (unpaired) electrons. The molecule has 5 heteroatoms. The molecule has 19 heavy (non-hydrogen) atoms. The number of carbonyl (C=O) groups excluding carboxylic acids is 1. The molecule has 1 aromatic rings. The van der Waals surface area contributed by atoms with Gasteiger partial charge in [-0.25, -0.2) is 4.98 Å². The fraction of sp³-hybridized carbons (Fsp3) is 0.571. The maximum Gasteiger partial charge on any atom is 0.234 e. The summed E-state index contributed by atoms with van der Waals surface area (Å²) < 4.78 is 0. The van der Waals surface area contributed by atoms with Crippen LogP contribution in [0.1, 0.15) is 31.7 Å². The Morgan fingerprint density at radius 2 is 2.42 bits per heavy atom. The summed E-state index contributed by atoms with van der Waals surface area (Å²) in [5.74, 6) is 0.674. The number of likely N-dealkylation sites (tertiary alicyclic amines) is 1. The first-order valence-electron chi connectivity index (χ1n) is 6.93. The monoisotopic (exact) mass is 262 g/mol. The molecule has 1 aliphatic rings. The normalized spacial score (nSPS) is 20.2. The molecule has 1 aliphatic heterocycles. The van der Waals surface area contributed by atoms with Gasteiger partial charge in [-0.1, -0.05) is 6.42 Å². The van der Waals surface area contributed by atoms with E-state index in [1.54, 1.807) is 6.20 Å². The summed E-state index contributed by atoms with van der Waals surface area (Å²) in [6.07, 6.45) is 4.90. The molecule has 104 valence electrons. The van der Waals surface area contributed by atoms with Crippen LogP contribution in [0.4, 0.5) is 5.82 Å². The van der Waals surface area contributed by atoms with Crippen LogP contribution in [-0.4, -0.2) is 34.9 Å². The van der Waals surface area contributed by atoms with Gasteiger partial charge in [0.2, 0.25) is 5.91 Å². The van der Waals surface area contributed by atoms with Crippen molar-refractivity contribution in [1.82, 2.24) is 9.88 Å². The lowest BCUT2D eigenvalue weighted by molar-refractivity contribution is -0.124. The summed E-state index contributed by atoms with van der Waals surface area (Å²) in [5, 5.41) is 3.20. The van der Waals surface area contributed by atoms with Crippen molar-refractivity contribution >= 4 is 11.7 Å². The van der Waals surface area contributed by atoms with Crippen LogP contribution in [0.2, 0.25) is 0 Å². The van der Waals surface area contributed by atoms with E-state index < -0.39 is 0 Å². The zero-order valence-corrected chi connectivity index (χ0v) is 11.4. The van der Waals surface area contributed by atoms with E-state index in [4.69, 9.17) is 5.73 Å². The predicted molar refractivity (Wildman–Crippen MR) is 75.6 cm³/mol. The van der Waals surface area contributed by atoms with Crippen LogP contribution in [0, 0.1) is 0 Å². The molecule has 2 heterocycles. The standard InChI is InChI=1S/C14H22N4O/c1-2-16-13-9-11(6-7-17-13)10-18-8-4-3-5-12(18)14(15)19/h6-7,9,12H,2-5,8,10H2,1H3,(H2,15,19)(H,16,17). The predicted octanol–water partition coefficient (Wildman–Crippen LogP) is 1.35. The van der Waals surface area contributed by atoms with E-state index in [-0.39, 0.29) is 11.9 Å². The zero-order chi connectivity index (χ0) is 13.7. The number of anilines is 1. The number of pyridine rings is 1. The Bertz CT molecular complexity index is 435. The van der Waals surface area contributed by atoms with Crippen molar-refractivity contribution in [2.75, 3.05) is 18.4 Å². The van der Waals surface area contributed by atoms with Crippen molar-refractivity contribution in [2.45, 2.75) is 38.8 Å². The van der Waals surface area contributed by atoms with Gasteiger partial charge in [-0.15, -0.1) is 0 Å². The molecule has 1 amide bonds. The first-order valence-corrected chi connectivity index (χ1v) is 6.93. The summed E-state index contributed by atoms with van der Waals surface area (Å²) in [7, 11) is 0. The van der Waals surface area contributed by atoms with E-state index in [0.717, 1.165) is 44.7 Å². The van der Waals surface area contributed by atoms with Crippen molar-refractivity contribution < 1.29 is 4.79 Å². The summed E-state index contributed by atoms with van der Waals surface area (Å²) in [4.78, 5) is 17.9. The largest absolute Gasteiger partial charge is 0.370 e. The molecule has 1 saturated heterocycles. The molecular weight excluding hydrogens is 240 g/mol. The van der Waals surface area contributed by atoms with Crippen LogP contribution in [0.3, 0.4) is 0 Å². The molecule has 0 saturated carbocycles. The molecule has 0 bridgehead atoms. The summed E-state index contributed by atoms with van der Waals surface area (Å²) in [6, 6.07) is 3.91. The SMILES string of the molecule is CCNc1cc(CN2CCCCC2C(N)=O)ccn1. The molecule has 5 nitrogen and oxygen atoms in total. The first kappa shape index (κ1) is 13.8. The number of nitrogens with two attached hydrogens (primary N) is 1. The highest BCUT2D eigenvalue weighted by Gasteiger charge is 2.26. The third kappa shape index (κ3) is 3.67. The third-order valence-corrected chi connectivity index (χ3v) is 3.51. The lowest BCUT2D eigenvalue weighted by atomic mass is 10.0. The van der Waals surface area contributed by atoms with Crippen LogP contribution in [-0.2, 0) is 11.3 Å². The molecule has 1 unspecified atom stereocenters. The second kappa shape index (κ2) is 6.52. The number of rotatable bonds is 5. The quantitative estimate of drug-likeness (QED) is 0.840. The fourth-order valence-electron chi connectivity index (χ4n) is 2.59. The van der Waals surface area contributed by atoms with Crippen LogP contribution in [0.15, 0.2) is 18.3 Å². The summed E-state index contributed by atoms with van der Waals surface area (Å²) >= 11 is 0. The number of nitrogens with one attached hydrogen (secondary N) is 1. The number of nitrogens with zero attached hydrogens (tertiary/aromatic N) is 2. The maximum absolute atomic E-state index is 11.5. The van der Waals surface area contributed by atoms with Gasteiger partial charge in [0, 0.05) is 19.3 Å². The number of amides is 1. The lowest BCUT2D eigenvalue weighted by Crippen LogP contribution is -2.47. The molecular formula is C14H22N4O. The maximum atomic E-state index is 11.5. The van der Waals surface area contributed by atoms with Gasteiger partial charge >= 0.3 is 0 Å². The Labute approximate surface area is 114 Å². The Morgan fingerprint density at radius 3 is 3.16 bits per heavy atom. The van der Waals surface area contributed by atoms with E-state index in [1.165, 1.54) is 5.56 Å². The van der Waals surface area contributed by atoms with Gasteiger partial charge < -0.3 is 11.1 Å². The Hall–Kier alpha value is -1.62. The van der Waals surface area contributed by atoms with Gasteiger partial charge in [0.15, 0.2) is 0 Å². The van der Waals surface area contributed by atoms with Crippen LogP contribution < -0.4 is 11.1 Å². The number of piperidine rings is 1. The van der Waals surface area contributed by atoms with Crippen molar-refractivity contribution in [1.29, 1.82) is 0 Å². The van der Waals surface area contributed by atoms with E-state index in [9.17, 15) is 4.79 Å². The second-order valence-electron chi connectivity index (χ2n) is 4.96. The van der Waals surface area contributed by atoms with E-state index in [1.807, 2.05) is 19.1 Å². The van der Waals surface area contributed by atoms with Crippen molar-refractivity contribution in [3.63, 3.8) is 0 Å². The molecule has 0 spiro atoms. The van der Waals surface area contributed by atoms with Crippen LogP contribution in [0.5, 0.6) is 0 Å². The Balaban J connectivity index is 2.06. The molecule has 2 rings (SSSR count).